The van der Waals surface area contributed by atoms with Crippen LogP contribution in [0.25, 0.3) is 11.0 Å². The van der Waals surface area contributed by atoms with Crippen molar-refractivity contribution in [3.63, 3.8) is 0 Å². The summed E-state index contributed by atoms with van der Waals surface area (Å²) in [4.78, 5) is 13.6. The van der Waals surface area contributed by atoms with Gasteiger partial charge in [-0.1, -0.05) is 0 Å². The highest BCUT2D eigenvalue weighted by Crippen LogP contribution is 2.25. The summed E-state index contributed by atoms with van der Waals surface area (Å²) in [6.45, 7) is 2.24. The number of anilines is 1. The Morgan fingerprint density at radius 2 is 2.25 bits per heavy atom. The Morgan fingerprint density at radius 3 is 3.08 bits per heavy atom. The Morgan fingerprint density at radius 1 is 1.33 bits per heavy atom. The minimum atomic E-state index is 0.923. The topological polar surface area (TPSA) is 44.6 Å². The molecule has 0 spiro atoms. The van der Waals surface area contributed by atoms with Gasteiger partial charge in [-0.05, 0) is 6.07 Å². The van der Waals surface area contributed by atoms with E-state index >= 15 is 0 Å². The zero-order valence-electron chi connectivity index (χ0n) is 6.49. The van der Waals surface area contributed by atoms with Crippen molar-refractivity contribution in [2.75, 3.05) is 18.0 Å². The van der Waals surface area contributed by atoms with Crippen LogP contribution in [-0.2, 0) is 0 Å². The molecule has 12 heavy (non-hydrogen) atoms. The molecule has 1 saturated heterocycles. The predicted octanol–water partition coefficient (Wildman–Crippen LogP) is 0.778. The molecule has 4 heteroatoms. The Hall–Kier alpha value is -1.58. The molecule has 0 radical (unpaired) electrons. The monoisotopic (exact) mass is 160 g/mol. The van der Waals surface area contributed by atoms with Crippen molar-refractivity contribution < 1.29 is 0 Å². The lowest BCUT2D eigenvalue weighted by Crippen LogP contribution is -1.95. The van der Waals surface area contributed by atoms with Crippen LogP contribution in [-0.4, -0.2) is 28.0 Å². The summed E-state index contributed by atoms with van der Waals surface area (Å²) in [6, 6.07) is 2.02. The van der Waals surface area contributed by atoms with Crippen LogP contribution in [0.5, 0.6) is 0 Å². The Kier molecular flexibility index (Phi) is 0.983. The number of fused-ring (bicyclic) bond motifs is 1. The van der Waals surface area contributed by atoms with Crippen molar-refractivity contribution in [3.05, 3.63) is 18.6 Å². The zero-order chi connectivity index (χ0) is 7.97. The average molecular weight is 160 g/mol. The molecule has 1 aliphatic heterocycles. The van der Waals surface area contributed by atoms with Crippen molar-refractivity contribution in [2.45, 2.75) is 0 Å². The average Bonchev–Trinajstić information content (AvgIpc) is 2.82. The summed E-state index contributed by atoms with van der Waals surface area (Å²) >= 11 is 0. The van der Waals surface area contributed by atoms with Gasteiger partial charge in [-0.2, -0.15) is 0 Å². The maximum Gasteiger partial charge on any atom is 0.142 e. The van der Waals surface area contributed by atoms with Crippen LogP contribution in [0, 0.1) is 0 Å². The molecule has 2 aromatic heterocycles. The maximum atomic E-state index is 4.24. The van der Waals surface area contributed by atoms with Crippen molar-refractivity contribution in [1.29, 1.82) is 0 Å². The minimum Gasteiger partial charge on any atom is -0.352 e. The number of H-pyrrole nitrogens is 1. The van der Waals surface area contributed by atoms with E-state index in [4.69, 9.17) is 0 Å². The molecule has 1 N–H and O–H groups in total. The van der Waals surface area contributed by atoms with Gasteiger partial charge in [-0.15, -0.1) is 0 Å². The Labute approximate surface area is 69.2 Å². The zero-order valence-corrected chi connectivity index (χ0v) is 6.49. The quantitative estimate of drug-likeness (QED) is 0.627. The molecule has 3 heterocycles. The van der Waals surface area contributed by atoms with E-state index in [0.717, 1.165) is 29.9 Å². The molecule has 0 atom stereocenters. The van der Waals surface area contributed by atoms with Gasteiger partial charge in [0.15, 0.2) is 0 Å². The van der Waals surface area contributed by atoms with Crippen molar-refractivity contribution in [2.24, 2.45) is 0 Å². The fraction of sp³-hybridized carbons (Fsp3) is 0.250. The normalized spacial score (nSPS) is 15.5. The molecule has 0 amide bonds. The molecule has 0 aliphatic carbocycles. The van der Waals surface area contributed by atoms with Gasteiger partial charge in [0.25, 0.3) is 0 Å². The standard InChI is InChI=1S/C8H8N4/c1-2-9-7-6(1)8(11-5-10-7)12-3-4-12/h1-2,5H,3-4H2,(H,9,10,11). The molecule has 1 fully saturated rings. The summed E-state index contributed by atoms with van der Waals surface area (Å²) in [7, 11) is 0. The third kappa shape index (κ3) is 0.717. The second-order valence-corrected chi connectivity index (χ2v) is 2.92. The second kappa shape index (κ2) is 1.97. The summed E-state index contributed by atoms with van der Waals surface area (Å²) in [5, 5.41) is 1.12. The SMILES string of the molecule is c1nc(N2CC2)c2cc[nH]c2n1. The molecule has 60 valence electrons. The first-order chi connectivity index (χ1) is 5.95. The van der Waals surface area contributed by atoms with E-state index in [9.17, 15) is 0 Å². The first kappa shape index (κ1) is 5.99. The van der Waals surface area contributed by atoms with E-state index < -0.39 is 0 Å². The van der Waals surface area contributed by atoms with E-state index in [1.54, 1.807) is 6.33 Å². The maximum absolute atomic E-state index is 4.24. The first-order valence-corrected chi connectivity index (χ1v) is 3.98. The third-order valence-electron chi connectivity index (χ3n) is 2.08. The predicted molar refractivity (Wildman–Crippen MR) is 46.1 cm³/mol. The summed E-state index contributed by atoms with van der Waals surface area (Å²) < 4.78 is 0. The molecular formula is C8H8N4. The highest BCUT2D eigenvalue weighted by Gasteiger charge is 2.21. The van der Waals surface area contributed by atoms with Crippen LogP contribution >= 0.6 is 0 Å². The van der Waals surface area contributed by atoms with E-state index in [1.165, 1.54) is 0 Å². The Bertz CT molecular complexity index is 416. The van der Waals surface area contributed by atoms with Crippen LogP contribution in [0.1, 0.15) is 0 Å². The molecule has 0 aromatic carbocycles. The number of rotatable bonds is 1. The van der Waals surface area contributed by atoms with Gasteiger partial charge < -0.3 is 9.88 Å². The van der Waals surface area contributed by atoms with Crippen molar-refractivity contribution in [1.82, 2.24) is 15.0 Å². The molecule has 0 bridgehead atoms. The fourth-order valence-electron chi connectivity index (χ4n) is 1.37. The lowest BCUT2D eigenvalue weighted by atomic mass is 10.4. The second-order valence-electron chi connectivity index (χ2n) is 2.92. The van der Waals surface area contributed by atoms with Gasteiger partial charge in [0.05, 0.1) is 5.39 Å². The van der Waals surface area contributed by atoms with Gasteiger partial charge in [-0.25, -0.2) is 9.97 Å². The van der Waals surface area contributed by atoms with Crippen molar-refractivity contribution in [3.8, 4) is 0 Å². The Balaban J connectivity index is 2.32. The van der Waals surface area contributed by atoms with E-state index in [0.29, 0.717) is 0 Å². The fourth-order valence-corrected chi connectivity index (χ4v) is 1.37. The first-order valence-electron chi connectivity index (χ1n) is 3.98. The third-order valence-corrected chi connectivity index (χ3v) is 2.08. The molecule has 0 unspecified atom stereocenters. The van der Waals surface area contributed by atoms with Crippen molar-refractivity contribution >= 4 is 16.9 Å². The molecule has 0 saturated carbocycles. The molecular weight excluding hydrogens is 152 g/mol. The van der Waals surface area contributed by atoms with Crippen LogP contribution in [0.3, 0.4) is 0 Å². The highest BCUT2D eigenvalue weighted by atomic mass is 15.3. The van der Waals surface area contributed by atoms with Gasteiger partial charge in [0, 0.05) is 19.3 Å². The van der Waals surface area contributed by atoms with E-state index in [-0.39, 0.29) is 0 Å². The van der Waals surface area contributed by atoms with Crippen LogP contribution < -0.4 is 4.90 Å². The number of aromatic amines is 1. The molecule has 2 aromatic rings. The van der Waals surface area contributed by atoms with E-state index in [2.05, 4.69) is 19.9 Å². The van der Waals surface area contributed by atoms with Crippen LogP contribution in [0.15, 0.2) is 18.6 Å². The number of aromatic nitrogens is 3. The lowest BCUT2D eigenvalue weighted by Gasteiger charge is -2.00. The number of nitrogens with one attached hydrogen (secondary N) is 1. The van der Waals surface area contributed by atoms with Gasteiger partial charge in [0.2, 0.25) is 0 Å². The van der Waals surface area contributed by atoms with Gasteiger partial charge in [0.1, 0.15) is 17.8 Å². The summed E-state index contributed by atoms with van der Waals surface area (Å²) in [6.07, 6.45) is 3.50. The summed E-state index contributed by atoms with van der Waals surface area (Å²) in [5.74, 6) is 1.06. The number of hydrogen-bond donors (Lipinski definition) is 1. The number of nitrogens with zero attached hydrogens (tertiary/aromatic N) is 3. The van der Waals surface area contributed by atoms with Gasteiger partial charge >= 0.3 is 0 Å². The molecule has 3 rings (SSSR count). The van der Waals surface area contributed by atoms with Gasteiger partial charge in [-0.3, -0.25) is 0 Å². The lowest BCUT2D eigenvalue weighted by molar-refractivity contribution is 1.16. The van der Waals surface area contributed by atoms with Crippen LogP contribution in [0.4, 0.5) is 5.82 Å². The van der Waals surface area contributed by atoms with E-state index in [1.807, 2.05) is 12.3 Å². The molecule has 1 aliphatic rings. The van der Waals surface area contributed by atoms with Crippen LogP contribution in [0.2, 0.25) is 0 Å². The highest BCUT2D eigenvalue weighted by molar-refractivity contribution is 5.88. The summed E-state index contributed by atoms with van der Waals surface area (Å²) in [5.41, 5.74) is 0.923. The minimum absolute atomic E-state index is 0.923. The molecule has 4 nitrogen and oxygen atoms in total. The smallest absolute Gasteiger partial charge is 0.142 e. The number of hydrogen-bond acceptors (Lipinski definition) is 3. The largest absolute Gasteiger partial charge is 0.352 e.